The van der Waals surface area contributed by atoms with Crippen molar-refractivity contribution in [3.05, 3.63) is 28.8 Å². The monoisotopic (exact) mass is 455 g/mol. The third-order valence-electron chi connectivity index (χ3n) is 5.71. The van der Waals surface area contributed by atoms with Gasteiger partial charge >= 0.3 is 0 Å². The van der Waals surface area contributed by atoms with Gasteiger partial charge in [-0.2, -0.15) is 4.31 Å². The molecule has 0 spiro atoms. The van der Waals surface area contributed by atoms with Crippen LogP contribution in [-0.4, -0.2) is 62.2 Å². The third-order valence-corrected chi connectivity index (χ3v) is 8.09. The summed E-state index contributed by atoms with van der Waals surface area (Å²) in [4.78, 5) is 26.6. The Labute approximate surface area is 183 Å². The number of halogens is 1. The van der Waals surface area contributed by atoms with E-state index in [4.69, 9.17) is 11.6 Å². The Morgan fingerprint density at radius 2 is 1.53 bits per heavy atom. The summed E-state index contributed by atoms with van der Waals surface area (Å²) in [5.74, 6) is -0.374. The summed E-state index contributed by atoms with van der Waals surface area (Å²) >= 11 is 6.19. The predicted octanol–water partition coefficient (Wildman–Crippen LogP) is 3.04. The number of nitrogens with one attached hydrogen (secondary N) is 1. The molecule has 0 bridgehead atoms. The molecule has 0 radical (unpaired) electrons. The molecule has 1 aromatic rings. The Bertz CT molecular complexity index is 861. The molecule has 2 amide bonds. The number of piperidine rings is 1. The highest BCUT2D eigenvalue weighted by Crippen LogP contribution is 2.27. The van der Waals surface area contributed by atoms with Crippen molar-refractivity contribution in [2.45, 2.75) is 56.3 Å². The van der Waals surface area contributed by atoms with Crippen LogP contribution in [0, 0.1) is 0 Å². The van der Waals surface area contributed by atoms with Crippen LogP contribution >= 0.6 is 11.6 Å². The van der Waals surface area contributed by atoms with Crippen molar-refractivity contribution in [2.24, 2.45) is 0 Å². The second-order valence-electron chi connectivity index (χ2n) is 7.91. The Morgan fingerprint density at radius 1 is 0.933 bits per heavy atom. The minimum Gasteiger partial charge on any atom is -0.352 e. The second kappa shape index (κ2) is 10.6. The SMILES string of the molecule is O=C(NCCC(=O)N1CCCCC1)c1ccc(Cl)c(S(=O)(=O)N2CCCCCC2)c1. The van der Waals surface area contributed by atoms with Gasteiger partial charge in [0.25, 0.3) is 5.91 Å². The number of rotatable bonds is 6. The van der Waals surface area contributed by atoms with Gasteiger partial charge < -0.3 is 10.2 Å². The fraction of sp³-hybridized carbons (Fsp3) is 0.619. The maximum atomic E-state index is 13.1. The maximum Gasteiger partial charge on any atom is 0.251 e. The number of hydrogen-bond donors (Lipinski definition) is 1. The molecule has 0 aliphatic carbocycles. The Kier molecular flexibility index (Phi) is 8.13. The lowest BCUT2D eigenvalue weighted by molar-refractivity contribution is -0.131. The molecule has 30 heavy (non-hydrogen) atoms. The summed E-state index contributed by atoms with van der Waals surface area (Å²) in [6, 6.07) is 4.29. The van der Waals surface area contributed by atoms with Crippen molar-refractivity contribution in [3.63, 3.8) is 0 Å². The van der Waals surface area contributed by atoms with E-state index >= 15 is 0 Å². The Balaban J connectivity index is 1.63. The molecule has 0 aromatic heterocycles. The van der Waals surface area contributed by atoms with Crippen LogP contribution in [-0.2, 0) is 14.8 Å². The number of hydrogen-bond acceptors (Lipinski definition) is 4. The lowest BCUT2D eigenvalue weighted by atomic mass is 10.1. The molecule has 166 valence electrons. The first-order valence-electron chi connectivity index (χ1n) is 10.8. The molecule has 0 atom stereocenters. The smallest absolute Gasteiger partial charge is 0.251 e. The summed E-state index contributed by atoms with van der Waals surface area (Å²) in [5.41, 5.74) is 0.221. The highest BCUT2D eigenvalue weighted by Gasteiger charge is 2.28. The number of nitrogens with zero attached hydrogens (tertiary/aromatic N) is 2. The van der Waals surface area contributed by atoms with E-state index in [2.05, 4.69) is 5.32 Å². The molecule has 0 unspecified atom stereocenters. The zero-order valence-corrected chi connectivity index (χ0v) is 18.8. The highest BCUT2D eigenvalue weighted by atomic mass is 35.5. The normalized spacial score (nSPS) is 18.6. The lowest BCUT2D eigenvalue weighted by Gasteiger charge is -2.26. The van der Waals surface area contributed by atoms with Crippen molar-refractivity contribution in [2.75, 3.05) is 32.7 Å². The van der Waals surface area contributed by atoms with Gasteiger partial charge in [0.1, 0.15) is 4.90 Å². The largest absolute Gasteiger partial charge is 0.352 e. The Hall–Kier alpha value is -1.64. The highest BCUT2D eigenvalue weighted by molar-refractivity contribution is 7.89. The summed E-state index contributed by atoms with van der Waals surface area (Å²) in [5, 5.41) is 2.83. The van der Waals surface area contributed by atoms with Crippen LogP contribution < -0.4 is 5.32 Å². The van der Waals surface area contributed by atoms with E-state index in [0.29, 0.717) is 13.1 Å². The summed E-state index contributed by atoms with van der Waals surface area (Å²) < 4.78 is 27.6. The van der Waals surface area contributed by atoms with Gasteiger partial charge in [-0.1, -0.05) is 24.4 Å². The van der Waals surface area contributed by atoms with Crippen LogP contribution in [0.3, 0.4) is 0 Å². The quantitative estimate of drug-likeness (QED) is 0.714. The van der Waals surface area contributed by atoms with Crippen molar-refractivity contribution in [1.29, 1.82) is 0 Å². The van der Waals surface area contributed by atoms with E-state index in [-0.39, 0.29) is 34.4 Å². The van der Waals surface area contributed by atoms with Crippen molar-refractivity contribution in [3.8, 4) is 0 Å². The second-order valence-corrected chi connectivity index (χ2v) is 10.2. The van der Waals surface area contributed by atoms with Crippen LogP contribution in [0.15, 0.2) is 23.1 Å². The molecule has 1 aromatic carbocycles. The van der Waals surface area contributed by atoms with Gasteiger partial charge in [0.15, 0.2) is 0 Å². The molecule has 2 heterocycles. The van der Waals surface area contributed by atoms with Gasteiger partial charge in [-0.15, -0.1) is 0 Å². The average molecular weight is 456 g/mol. The first kappa shape index (κ1) is 23.0. The van der Waals surface area contributed by atoms with E-state index in [9.17, 15) is 18.0 Å². The number of benzene rings is 1. The first-order chi connectivity index (χ1) is 14.4. The van der Waals surface area contributed by atoms with E-state index in [0.717, 1.165) is 58.0 Å². The van der Waals surface area contributed by atoms with Crippen LogP contribution in [0.4, 0.5) is 0 Å². The summed E-state index contributed by atoms with van der Waals surface area (Å²) in [6.45, 7) is 2.70. The van der Waals surface area contributed by atoms with E-state index in [1.54, 1.807) is 0 Å². The molecule has 0 saturated carbocycles. The van der Waals surface area contributed by atoms with Gasteiger partial charge in [0, 0.05) is 44.7 Å². The van der Waals surface area contributed by atoms with E-state index in [1.165, 1.54) is 22.5 Å². The molecule has 7 nitrogen and oxygen atoms in total. The topological polar surface area (TPSA) is 86.8 Å². The van der Waals surface area contributed by atoms with Gasteiger partial charge in [-0.3, -0.25) is 9.59 Å². The number of likely N-dealkylation sites (tertiary alicyclic amines) is 1. The number of carbonyl (C=O) groups excluding carboxylic acids is 2. The molecule has 2 fully saturated rings. The minimum absolute atomic E-state index is 0.0375. The van der Waals surface area contributed by atoms with Gasteiger partial charge in [0.2, 0.25) is 15.9 Å². The number of carbonyl (C=O) groups is 2. The van der Waals surface area contributed by atoms with Crippen LogP contribution in [0.2, 0.25) is 5.02 Å². The minimum atomic E-state index is -3.76. The van der Waals surface area contributed by atoms with E-state index < -0.39 is 15.9 Å². The molecular formula is C21H30ClN3O4S. The zero-order valence-electron chi connectivity index (χ0n) is 17.2. The molecule has 9 heteroatoms. The number of amides is 2. The van der Waals surface area contributed by atoms with Gasteiger partial charge in [-0.05, 0) is 50.3 Å². The molecule has 1 N–H and O–H groups in total. The third kappa shape index (κ3) is 5.74. The van der Waals surface area contributed by atoms with Crippen LogP contribution in [0.5, 0.6) is 0 Å². The fourth-order valence-corrected chi connectivity index (χ4v) is 5.97. The molecular weight excluding hydrogens is 426 g/mol. The van der Waals surface area contributed by atoms with Gasteiger partial charge in [-0.25, -0.2) is 8.42 Å². The average Bonchev–Trinajstić information content (AvgIpc) is 3.04. The molecule has 3 rings (SSSR count). The summed E-state index contributed by atoms with van der Waals surface area (Å²) in [6.07, 6.45) is 7.10. The molecule has 2 aliphatic rings. The van der Waals surface area contributed by atoms with Crippen molar-refractivity contribution >= 4 is 33.4 Å². The van der Waals surface area contributed by atoms with E-state index in [1.807, 2.05) is 4.90 Å². The van der Waals surface area contributed by atoms with Crippen LogP contribution in [0.1, 0.15) is 61.7 Å². The summed E-state index contributed by atoms with van der Waals surface area (Å²) in [7, 11) is -3.76. The molecule has 2 saturated heterocycles. The maximum absolute atomic E-state index is 13.1. The molecule has 2 aliphatic heterocycles. The van der Waals surface area contributed by atoms with Crippen molar-refractivity contribution in [1.82, 2.24) is 14.5 Å². The predicted molar refractivity (Wildman–Crippen MR) is 116 cm³/mol. The Morgan fingerprint density at radius 3 is 2.20 bits per heavy atom. The van der Waals surface area contributed by atoms with Crippen LogP contribution in [0.25, 0.3) is 0 Å². The standard InChI is InChI=1S/C21H30ClN3O4S/c22-18-9-8-17(16-19(18)30(28,29)25-14-6-1-2-7-15-25)21(27)23-11-10-20(26)24-12-4-3-5-13-24/h8-9,16H,1-7,10-15H2,(H,23,27). The fourth-order valence-electron chi connectivity index (χ4n) is 3.95. The van der Waals surface area contributed by atoms with Crippen molar-refractivity contribution < 1.29 is 18.0 Å². The lowest BCUT2D eigenvalue weighted by Crippen LogP contribution is -2.37. The van der Waals surface area contributed by atoms with Gasteiger partial charge in [0.05, 0.1) is 5.02 Å². The zero-order chi connectivity index (χ0) is 21.6. The first-order valence-corrected chi connectivity index (χ1v) is 12.6. The number of sulfonamides is 1.